The summed E-state index contributed by atoms with van der Waals surface area (Å²) in [5, 5.41) is 2.28. The second-order valence-corrected chi connectivity index (χ2v) is 9.54. The minimum atomic E-state index is -0.769. The van der Waals surface area contributed by atoms with E-state index in [1.54, 1.807) is 31.4 Å². The fourth-order valence-corrected chi connectivity index (χ4v) is 4.78. The molecule has 2 heterocycles. The van der Waals surface area contributed by atoms with Crippen LogP contribution in [0.25, 0.3) is 11.6 Å². The van der Waals surface area contributed by atoms with E-state index in [1.165, 1.54) is 6.08 Å². The van der Waals surface area contributed by atoms with Gasteiger partial charge in [0.2, 0.25) is 0 Å². The Labute approximate surface area is 206 Å². The van der Waals surface area contributed by atoms with Crippen molar-refractivity contribution in [3.8, 4) is 5.75 Å². The number of nitrogens with zero attached hydrogens (tertiary/aromatic N) is 2. The molecular weight excluding hydrogens is 442 g/mol. The largest absolute Gasteiger partial charge is 0.496 e. The highest BCUT2D eigenvalue weighted by molar-refractivity contribution is 6.39. The average molecular weight is 474 g/mol. The fraction of sp³-hybridized carbons (Fsp3) is 0.321. The van der Waals surface area contributed by atoms with Gasteiger partial charge in [-0.25, -0.2) is 9.69 Å². The first-order valence-corrected chi connectivity index (χ1v) is 11.7. The Morgan fingerprint density at radius 3 is 2.37 bits per heavy atom. The van der Waals surface area contributed by atoms with Crippen LogP contribution in [-0.4, -0.2) is 37.0 Å². The molecule has 0 bridgehead atoms. The fourth-order valence-electron chi connectivity index (χ4n) is 4.78. The third-order valence-electron chi connectivity index (χ3n) is 6.47. The van der Waals surface area contributed by atoms with Crippen molar-refractivity contribution in [1.82, 2.24) is 5.32 Å². The van der Waals surface area contributed by atoms with E-state index >= 15 is 0 Å². The summed E-state index contributed by atoms with van der Waals surface area (Å²) in [5.74, 6) is -0.866. The second-order valence-electron chi connectivity index (χ2n) is 9.54. The van der Waals surface area contributed by atoms with Gasteiger partial charge in [-0.15, -0.1) is 0 Å². The van der Waals surface area contributed by atoms with Gasteiger partial charge in [0, 0.05) is 29.4 Å². The Kier molecular flexibility index (Phi) is 6.28. The molecule has 35 heavy (non-hydrogen) atoms. The van der Waals surface area contributed by atoms with Gasteiger partial charge in [0.05, 0.1) is 18.3 Å². The lowest BCUT2D eigenvalue weighted by Gasteiger charge is -2.43. The van der Waals surface area contributed by atoms with Crippen LogP contribution in [0.4, 0.5) is 16.2 Å². The number of nitrogens with one attached hydrogen (secondary N) is 1. The number of ether oxygens (including phenoxy) is 1. The molecule has 0 atom stereocenters. The lowest BCUT2D eigenvalue weighted by Crippen LogP contribution is -2.54. The Hall–Kier alpha value is -3.87. The van der Waals surface area contributed by atoms with Crippen molar-refractivity contribution < 1.29 is 19.1 Å². The van der Waals surface area contributed by atoms with Gasteiger partial charge in [-0.05, 0) is 64.0 Å². The molecule has 0 aliphatic carbocycles. The minimum absolute atomic E-state index is 0.133. The molecule has 7 nitrogen and oxygen atoms in total. The molecule has 2 aliphatic heterocycles. The van der Waals surface area contributed by atoms with Crippen molar-refractivity contribution in [1.29, 1.82) is 0 Å². The molecule has 182 valence electrons. The third-order valence-corrected chi connectivity index (χ3v) is 6.47. The number of hydrogen-bond acceptors (Lipinski definition) is 5. The highest BCUT2D eigenvalue weighted by Gasteiger charge is 2.37. The Balaban J connectivity index is 1.82. The van der Waals surface area contributed by atoms with Gasteiger partial charge in [0.15, 0.2) is 0 Å². The van der Waals surface area contributed by atoms with E-state index in [1.807, 2.05) is 19.1 Å². The van der Waals surface area contributed by atoms with Crippen LogP contribution in [0.1, 0.15) is 50.8 Å². The number of methoxy groups -OCH3 is 1. The van der Waals surface area contributed by atoms with Gasteiger partial charge < -0.3 is 9.64 Å². The predicted octanol–water partition coefficient (Wildman–Crippen LogP) is 5.08. The summed E-state index contributed by atoms with van der Waals surface area (Å²) in [5.41, 5.74) is 4.85. The molecule has 7 heteroatoms. The van der Waals surface area contributed by atoms with Crippen molar-refractivity contribution in [2.75, 3.05) is 23.5 Å². The van der Waals surface area contributed by atoms with E-state index in [0.717, 1.165) is 40.3 Å². The Bertz CT molecular complexity index is 1270. The van der Waals surface area contributed by atoms with Crippen LogP contribution in [0, 0.1) is 6.92 Å². The van der Waals surface area contributed by atoms with Crippen LogP contribution in [0.5, 0.6) is 5.75 Å². The van der Waals surface area contributed by atoms with Gasteiger partial charge >= 0.3 is 6.03 Å². The van der Waals surface area contributed by atoms with Crippen LogP contribution in [0.15, 0.2) is 48.0 Å². The molecule has 0 spiro atoms. The van der Waals surface area contributed by atoms with Gasteiger partial charge in [-0.3, -0.25) is 14.9 Å². The van der Waals surface area contributed by atoms with Crippen LogP contribution in [0.2, 0.25) is 0 Å². The number of rotatable bonds is 5. The summed E-state index contributed by atoms with van der Waals surface area (Å²) in [4.78, 5) is 41.9. The maximum Gasteiger partial charge on any atom is 0.335 e. The first-order chi connectivity index (χ1) is 16.6. The number of anilines is 2. The highest BCUT2D eigenvalue weighted by atomic mass is 16.5. The van der Waals surface area contributed by atoms with E-state index in [0.29, 0.717) is 17.0 Å². The molecule has 4 amide bonds. The number of carbonyl (C=O) groups excluding carboxylic acids is 3. The van der Waals surface area contributed by atoms with E-state index in [2.05, 4.69) is 44.0 Å². The molecule has 0 saturated carbocycles. The molecule has 0 aromatic heterocycles. The van der Waals surface area contributed by atoms with Crippen LogP contribution >= 0.6 is 0 Å². The smallest absolute Gasteiger partial charge is 0.335 e. The molecule has 1 saturated heterocycles. The molecular formula is C28H31N3O4. The average Bonchev–Trinajstić information content (AvgIpc) is 2.80. The number of aryl methyl sites for hydroxylation is 1. The summed E-state index contributed by atoms with van der Waals surface area (Å²) < 4.78 is 5.68. The number of imide groups is 2. The number of allylic oxidation sites excluding steroid dienone is 1. The van der Waals surface area contributed by atoms with Gasteiger partial charge in [0.25, 0.3) is 11.8 Å². The number of hydrogen-bond donors (Lipinski definition) is 1. The highest BCUT2D eigenvalue weighted by Crippen LogP contribution is 2.43. The van der Waals surface area contributed by atoms with Gasteiger partial charge in [-0.1, -0.05) is 30.7 Å². The van der Waals surface area contributed by atoms with Gasteiger partial charge in [0.1, 0.15) is 11.3 Å². The number of fused-ring (bicyclic) bond motifs is 1. The zero-order valence-electron chi connectivity index (χ0n) is 21.1. The quantitative estimate of drug-likeness (QED) is 0.484. The lowest BCUT2D eigenvalue weighted by molar-refractivity contribution is -0.122. The number of amides is 4. The SMILES string of the molecule is CCCN1c2cc(OC)c(/C=C3/C(=O)NC(=O)N(c4ccc(C)cc4)C3=O)cc2C(C)=CC1(C)C. The maximum absolute atomic E-state index is 13.3. The van der Waals surface area contributed by atoms with Crippen molar-refractivity contribution in [3.63, 3.8) is 0 Å². The summed E-state index contributed by atoms with van der Waals surface area (Å²) in [6, 6.07) is 10.1. The molecule has 1 N–H and O–H groups in total. The molecule has 0 unspecified atom stereocenters. The molecule has 4 rings (SSSR count). The summed E-state index contributed by atoms with van der Waals surface area (Å²) in [7, 11) is 1.56. The van der Waals surface area contributed by atoms with Crippen molar-refractivity contribution in [2.24, 2.45) is 0 Å². The monoisotopic (exact) mass is 473 g/mol. The Morgan fingerprint density at radius 1 is 1.06 bits per heavy atom. The number of barbiturate groups is 1. The third kappa shape index (κ3) is 4.34. The molecule has 1 fully saturated rings. The van der Waals surface area contributed by atoms with Crippen LogP contribution in [-0.2, 0) is 9.59 Å². The van der Waals surface area contributed by atoms with Gasteiger partial charge in [-0.2, -0.15) is 0 Å². The summed E-state index contributed by atoms with van der Waals surface area (Å²) in [6.45, 7) is 11.4. The molecule has 2 aliphatic rings. The second kappa shape index (κ2) is 9.06. The summed E-state index contributed by atoms with van der Waals surface area (Å²) >= 11 is 0. The van der Waals surface area contributed by atoms with Crippen molar-refractivity contribution in [3.05, 3.63) is 64.7 Å². The normalized spacial score (nSPS) is 18.4. The van der Waals surface area contributed by atoms with Crippen LogP contribution < -0.4 is 19.9 Å². The van der Waals surface area contributed by atoms with Crippen LogP contribution in [0.3, 0.4) is 0 Å². The molecule has 0 radical (unpaired) electrons. The number of urea groups is 1. The zero-order chi connectivity index (χ0) is 25.5. The number of carbonyl (C=O) groups is 3. The summed E-state index contributed by atoms with van der Waals surface area (Å²) in [6.07, 6.45) is 4.72. The Morgan fingerprint density at radius 2 is 1.74 bits per heavy atom. The number of benzene rings is 2. The van der Waals surface area contributed by atoms with Crippen molar-refractivity contribution in [2.45, 2.75) is 46.6 Å². The zero-order valence-corrected chi connectivity index (χ0v) is 21.1. The maximum atomic E-state index is 13.3. The molecule has 2 aromatic rings. The van der Waals surface area contributed by atoms with E-state index in [-0.39, 0.29) is 11.1 Å². The van der Waals surface area contributed by atoms with E-state index in [9.17, 15) is 14.4 Å². The standard InChI is InChI=1S/C28H31N3O4/c1-7-12-30-23-15-24(35-6)19(13-21(23)18(3)16-28(30,4)5)14-22-25(32)29-27(34)31(26(22)33)20-10-8-17(2)9-11-20/h8-11,13-16H,7,12H2,1-6H3,(H,29,32,34)/b22-14-. The van der Waals surface area contributed by atoms with E-state index < -0.39 is 17.8 Å². The minimum Gasteiger partial charge on any atom is -0.496 e. The lowest BCUT2D eigenvalue weighted by atomic mass is 9.87. The van der Waals surface area contributed by atoms with Crippen molar-refractivity contribution >= 4 is 40.9 Å². The topological polar surface area (TPSA) is 79.0 Å². The predicted molar refractivity (Wildman–Crippen MR) is 139 cm³/mol. The first-order valence-electron chi connectivity index (χ1n) is 11.7. The first kappa shape index (κ1) is 24.3. The van der Waals surface area contributed by atoms with E-state index in [4.69, 9.17) is 4.74 Å². The molecule has 2 aromatic carbocycles.